The predicted molar refractivity (Wildman–Crippen MR) is 63.9 cm³/mol. The highest BCUT2D eigenvalue weighted by molar-refractivity contribution is 6.22. The Hall–Kier alpha value is -1.91. The molecule has 90 valence electrons. The van der Waals surface area contributed by atoms with Crippen LogP contribution in [0.4, 0.5) is 0 Å². The average molecular weight is 234 g/mol. The van der Waals surface area contributed by atoms with Crippen molar-refractivity contribution >= 4 is 11.3 Å². The second kappa shape index (κ2) is 4.95. The van der Waals surface area contributed by atoms with Crippen LogP contribution in [0.3, 0.4) is 0 Å². The Morgan fingerprint density at radius 1 is 1.59 bits per heavy atom. The molecule has 1 aromatic rings. The van der Waals surface area contributed by atoms with Crippen molar-refractivity contribution in [2.75, 3.05) is 0 Å². The molecule has 17 heavy (non-hydrogen) atoms. The molecule has 0 radical (unpaired) electrons. The van der Waals surface area contributed by atoms with Gasteiger partial charge in [0.1, 0.15) is 0 Å². The highest BCUT2D eigenvalue weighted by Crippen LogP contribution is 2.15. The minimum absolute atomic E-state index is 0.410. The molecule has 0 spiro atoms. The Labute approximate surface area is 98.9 Å². The largest absolute Gasteiger partial charge is 0.435 e. The highest BCUT2D eigenvalue weighted by Gasteiger charge is 2.27. The van der Waals surface area contributed by atoms with E-state index in [1.807, 2.05) is 12.2 Å². The van der Waals surface area contributed by atoms with Crippen LogP contribution < -0.4 is 10.3 Å². The molecule has 5 nitrogen and oxygen atoms in total. The number of nitrogens with one attached hydrogen (secondary N) is 2. The molecule has 0 bridgehead atoms. The van der Waals surface area contributed by atoms with Gasteiger partial charge in [-0.2, -0.15) is 0 Å². The van der Waals surface area contributed by atoms with E-state index in [2.05, 4.69) is 12.2 Å². The molecule has 0 atom stereocenters. The van der Waals surface area contributed by atoms with E-state index in [9.17, 15) is 4.79 Å². The van der Waals surface area contributed by atoms with Crippen LogP contribution in [0.25, 0.3) is 5.57 Å². The zero-order chi connectivity index (χ0) is 12.3. The number of rotatable bonds is 4. The lowest BCUT2D eigenvalue weighted by Gasteiger charge is -2.04. The highest BCUT2D eigenvalue weighted by atomic mass is 16.5. The summed E-state index contributed by atoms with van der Waals surface area (Å²) in [4.78, 5) is 11.7. The zero-order valence-electron chi connectivity index (χ0n) is 9.82. The van der Waals surface area contributed by atoms with Gasteiger partial charge in [0, 0.05) is 18.6 Å². The number of allylic oxidation sites excluding steroid dienone is 4. The fourth-order valence-corrected chi connectivity index (χ4v) is 1.81. The maximum atomic E-state index is 11.7. The standard InChI is InChI=1S/C12H15N3O2/c1-2-3-8-15-11(12(16)17-14-15)9-6-4-5-7-10(9)13/h4-6,13H,2-3,7-8H2,1H3/p+1. The fraction of sp³-hybridized carbons (Fsp3) is 0.417. The summed E-state index contributed by atoms with van der Waals surface area (Å²) in [5.41, 5.74) is 1.14. The second-order valence-corrected chi connectivity index (χ2v) is 4.03. The minimum Gasteiger partial charge on any atom is -0.304 e. The van der Waals surface area contributed by atoms with E-state index in [1.54, 1.807) is 10.8 Å². The Kier molecular flexibility index (Phi) is 3.37. The number of hydrogen-bond donors (Lipinski definition) is 2. The van der Waals surface area contributed by atoms with E-state index in [-0.39, 0.29) is 0 Å². The summed E-state index contributed by atoms with van der Waals surface area (Å²) in [5, 5.41) is 10.5. The zero-order valence-corrected chi connectivity index (χ0v) is 9.82. The summed E-state index contributed by atoms with van der Waals surface area (Å²) in [6, 6.07) is 0. The van der Waals surface area contributed by atoms with Gasteiger partial charge in [-0.1, -0.05) is 30.2 Å². The first kappa shape index (κ1) is 11.6. The number of nitrogens with zero attached hydrogens (tertiary/aromatic N) is 1. The molecule has 0 saturated heterocycles. The molecule has 0 unspecified atom stereocenters. The number of aromatic nitrogens is 2. The molecule has 1 aromatic heterocycles. The molecular weight excluding hydrogens is 218 g/mol. The van der Waals surface area contributed by atoms with Crippen molar-refractivity contribution in [2.24, 2.45) is 0 Å². The topological polar surface area (TPSA) is 73.7 Å². The smallest absolute Gasteiger partial charge is 0.304 e. The molecule has 0 aromatic carbocycles. The van der Waals surface area contributed by atoms with Gasteiger partial charge < -0.3 is 5.41 Å². The van der Waals surface area contributed by atoms with Gasteiger partial charge in [0.15, 0.2) is 6.54 Å². The van der Waals surface area contributed by atoms with Crippen molar-refractivity contribution in [1.29, 1.82) is 5.41 Å². The first-order valence-electron chi connectivity index (χ1n) is 5.80. The molecule has 0 fully saturated rings. The number of H-pyrrole nitrogens is 1. The van der Waals surface area contributed by atoms with Crippen LogP contribution >= 0.6 is 0 Å². The molecule has 1 heterocycles. The van der Waals surface area contributed by atoms with Gasteiger partial charge in [0.05, 0.1) is 5.57 Å². The maximum Gasteiger partial charge on any atom is 0.435 e. The van der Waals surface area contributed by atoms with Crippen LogP contribution in [0.1, 0.15) is 31.9 Å². The van der Waals surface area contributed by atoms with Crippen LogP contribution in [0.5, 0.6) is 0 Å². The normalized spacial score (nSPS) is 15.1. The summed E-state index contributed by atoms with van der Waals surface area (Å²) < 4.78 is 6.50. The third-order valence-corrected chi connectivity index (χ3v) is 2.75. The van der Waals surface area contributed by atoms with E-state index >= 15 is 0 Å². The van der Waals surface area contributed by atoms with E-state index in [0.29, 0.717) is 29.9 Å². The van der Waals surface area contributed by atoms with Gasteiger partial charge in [-0.3, -0.25) is 4.52 Å². The van der Waals surface area contributed by atoms with Gasteiger partial charge in [0.25, 0.3) is 0 Å². The van der Waals surface area contributed by atoms with Crippen molar-refractivity contribution in [3.8, 4) is 0 Å². The second-order valence-electron chi connectivity index (χ2n) is 4.03. The van der Waals surface area contributed by atoms with Gasteiger partial charge in [-0.25, -0.2) is 4.79 Å². The molecule has 2 rings (SSSR count). The number of aromatic amines is 1. The average Bonchev–Trinajstić information content (AvgIpc) is 2.69. The molecular formula is C12H16N3O2+. The molecule has 0 aliphatic heterocycles. The molecule has 5 heteroatoms. The van der Waals surface area contributed by atoms with Crippen LogP contribution in [0, 0.1) is 5.41 Å². The van der Waals surface area contributed by atoms with E-state index in [0.717, 1.165) is 12.8 Å². The number of aryl methyl sites for hydroxylation is 1. The van der Waals surface area contributed by atoms with Crippen LogP contribution in [-0.4, -0.2) is 11.0 Å². The predicted octanol–water partition coefficient (Wildman–Crippen LogP) is 1.42. The molecule has 2 N–H and O–H groups in total. The van der Waals surface area contributed by atoms with Crippen molar-refractivity contribution in [1.82, 2.24) is 5.27 Å². The molecule has 0 saturated carbocycles. The van der Waals surface area contributed by atoms with Gasteiger partial charge in [-0.05, 0) is 11.3 Å². The summed E-state index contributed by atoms with van der Waals surface area (Å²) in [6.45, 7) is 2.79. The van der Waals surface area contributed by atoms with E-state index in [4.69, 9.17) is 9.93 Å². The first-order valence-corrected chi connectivity index (χ1v) is 5.80. The van der Waals surface area contributed by atoms with Gasteiger partial charge in [0.2, 0.25) is 0 Å². The Morgan fingerprint density at radius 2 is 2.41 bits per heavy atom. The van der Waals surface area contributed by atoms with Gasteiger partial charge in [-0.15, -0.1) is 0 Å². The maximum absolute atomic E-state index is 11.7. The van der Waals surface area contributed by atoms with E-state index in [1.165, 1.54) is 0 Å². The van der Waals surface area contributed by atoms with Crippen molar-refractivity contribution < 1.29 is 9.20 Å². The Balaban J connectivity index is 2.40. The first-order chi connectivity index (χ1) is 8.24. The Bertz CT molecular complexity index is 534. The van der Waals surface area contributed by atoms with E-state index < -0.39 is 5.63 Å². The monoisotopic (exact) mass is 234 g/mol. The molecule has 1 aliphatic carbocycles. The Morgan fingerprint density at radius 3 is 3.12 bits per heavy atom. The lowest BCUT2D eigenvalue weighted by atomic mass is 10.00. The fourth-order valence-electron chi connectivity index (χ4n) is 1.81. The van der Waals surface area contributed by atoms with Crippen LogP contribution in [-0.2, 0) is 6.54 Å². The van der Waals surface area contributed by atoms with Crippen molar-refractivity contribution in [3.63, 3.8) is 0 Å². The lowest BCUT2D eigenvalue weighted by Crippen LogP contribution is -2.41. The summed E-state index contributed by atoms with van der Waals surface area (Å²) in [6.07, 6.45) is 8.11. The van der Waals surface area contributed by atoms with Crippen molar-refractivity contribution in [3.05, 3.63) is 34.3 Å². The molecule has 0 amide bonds. The number of unbranched alkanes of at least 4 members (excludes halogenated alkanes) is 1. The third-order valence-electron chi connectivity index (χ3n) is 2.75. The third kappa shape index (κ3) is 2.27. The van der Waals surface area contributed by atoms with Crippen LogP contribution in [0.15, 0.2) is 27.5 Å². The molecule has 1 aliphatic rings. The van der Waals surface area contributed by atoms with Crippen molar-refractivity contribution in [2.45, 2.75) is 32.7 Å². The van der Waals surface area contributed by atoms with Crippen LogP contribution in [0.2, 0.25) is 0 Å². The number of hydrogen-bond acceptors (Lipinski definition) is 3. The summed E-state index contributed by atoms with van der Waals surface area (Å²) in [7, 11) is 0. The minimum atomic E-state index is -0.410. The lowest BCUT2D eigenvalue weighted by molar-refractivity contribution is -0.764. The summed E-state index contributed by atoms with van der Waals surface area (Å²) >= 11 is 0. The summed E-state index contributed by atoms with van der Waals surface area (Å²) in [5.74, 6) is 0. The quantitative estimate of drug-likeness (QED) is 0.773. The SMILES string of the molecule is CCCC[n+]1[nH]oc(=O)c1C1=CC=CCC1=N. The van der Waals surface area contributed by atoms with Gasteiger partial charge >= 0.3 is 11.3 Å².